The van der Waals surface area contributed by atoms with Crippen LogP contribution in [0.4, 0.5) is 0 Å². The number of aromatic nitrogens is 1. The van der Waals surface area contributed by atoms with Crippen molar-refractivity contribution in [3.8, 4) is 0 Å². The molecule has 0 aliphatic rings. The van der Waals surface area contributed by atoms with E-state index in [9.17, 15) is 4.79 Å². The first-order chi connectivity index (χ1) is 11.3. The Hall–Kier alpha value is -2.68. The molecule has 0 radical (unpaired) electrons. The van der Waals surface area contributed by atoms with Gasteiger partial charge < -0.3 is 5.32 Å². The van der Waals surface area contributed by atoms with Crippen LogP contribution in [0, 0.1) is 0 Å². The summed E-state index contributed by atoms with van der Waals surface area (Å²) in [6.45, 7) is 2.71. The number of hydrogen-bond acceptors (Lipinski definition) is 2. The lowest BCUT2D eigenvalue weighted by atomic mass is 10.1. The molecule has 1 amide bonds. The van der Waals surface area contributed by atoms with Gasteiger partial charge in [-0.05, 0) is 41.8 Å². The molecule has 0 saturated carbocycles. The summed E-state index contributed by atoms with van der Waals surface area (Å²) in [5.74, 6) is -0.0587. The number of hydrogen-bond donors (Lipinski definition) is 1. The standard InChI is InChI=1S/C20H20N2O/c1-2-5-15-6-3-7-16(12-15)14-22-20(23)18-9-10-19-17(13-18)8-4-11-21-19/h3-4,6-13H,2,5,14H2,1H3,(H,22,23). The zero-order valence-electron chi connectivity index (χ0n) is 13.3. The van der Waals surface area contributed by atoms with Gasteiger partial charge in [-0.25, -0.2) is 0 Å². The van der Waals surface area contributed by atoms with Crippen molar-refractivity contribution >= 4 is 16.8 Å². The van der Waals surface area contributed by atoms with Crippen LogP contribution in [-0.4, -0.2) is 10.9 Å². The molecule has 1 N–H and O–H groups in total. The maximum absolute atomic E-state index is 12.3. The van der Waals surface area contributed by atoms with E-state index in [-0.39, 0.29) is 5.91 Å². The van der Waals surface area contributed by atoms with Gasteiger partial charge in [0, 0.05) is 23.7 Å². The highest BCUT2D eigenvalue weighted by Gasteiger charge is 2.06. The van der Waals surface area contributed by atoms with Crippen LogP contribution in [0.3, 0.4) is 0 Å². The number of benzene rings is 2. The van der Waals surface area contributed by atoms with Gasteiger partial charge in [0.05, 0.1) is 5.52 Å². The molecule has 3 heteroatoms. The number of carbonyl (C=O) groups is 1. The Kier molecular flexibility index (Phi) is 4.67. The second kappa shape index (κ2) is 7.05. The largest absolute Gasteiger partial charge is 0.348 e. The van der Waals surface area contributed by atoms with Crippen molar-refractivity contribution in [1.82, 2.24) is 10.3 Å². The minimum Gasteiger partial charge on any atom is -0.348 e. The fourth-order valence-electron chi connectivity index (χ4n) is 2.69. The summed E-state index contributed by atoms with van der Waals surface area (Å²) >= 11 is 0. The molecule has 23 heavy (non-hydrogen) atoms. The molecule has 0 atom stereocenters. The summed E-state index contributed by atoms with van der Waals surface area (Å²) in [5.41, 5.74) is 4.01. The van der Waals surface area contributed by atoms with E-state index in [1.807, 2.05) is 42.5 Å². The van der Waals surface area contributed by atoms with Gasteiger partial charge >= 0.3 is 0 Å². The number of rotatable bonds is 5. The minimum atomic E-state index is -0.0587. The van der Waals surface area contributed by atoms with Gasteiger partial charge in [-0.15, -0.1) is 0 Å². The highest BCUT2D eigenvalue weighted by molar-refractivity contribution is 5.97. The average molecular weight is 304 g/mol. The van der Waals surface area contributed by atoms with Crippen LogP contribution in [0.5, 0.6) is 0 Å². The van der Waals surface area contributed by atoms with Crippen molar-refractivity contribution in [1.29, 1.82) is 0 Å². The number of amides is 1. The average Bonchev–Trinajstić information content (AvgIpc) is 2.60. The zero-order chi connectivity index (χ0) is 16.1. The molecule has 0 aliphatic carbocycles. The SMILES string of the molecule is CCCc1cccc(CNC(=O)c2ccc3ncccc3c2)c1. The summed E-state index contributed by atoms with van der Waals surface area (Å²) in [4.78, 5) is 16.6. The first kappa shape index (κ1) is 15.2. The van der Waals surface area contributed by atoms with Crippen LogP contribution >= 0.6 is 0 Å². The molecule has 1 aromatic heterocycles. The first-order valence-electron chi connectivity index (χ1n) is 7.97. The van der Waals surface area contributed by atoms with E-state index < -0.39 is 0 Å². The zero-order valence-corrected chi connectivity index (χ0v) is 13.3. The van der Waals surface area contributed by atoms with Gasteiger partial charge in [-0.1, -0.05) is 43.7 Å². The lowest BCUT2D eigenvalue weighted by Gasteiger charge is -2.08. The second-order valence-electron chi connectivity index (χ2n) is 5.66. The summed E-state index contributed by atoms with van der Waals surface area (Å²) in [6, 6.07) is 17.8. The fraction of sp³-hybridized carbons (Fsp3) is 0.200. The van der Waals surface area contributed by atoms with Gasteiger partial charge in [0.1, 0.15) is 0 Å². The van der Waals surface area contributed by atoms with E-state index in [1.54, 1.807) is 6.20 Å². The third kappa shape index (κ3) is 3.75. The molecule has 3 aromatic rings. The Morgan fingerprint density at radius 2 is 1.91 bits per heavy atom. The fourth-order valence-corrected chi connectivity index (χ4v) is 2.69. The quantitative estimate of drug-likeness (QED) is 0.770. The van der Waals surface area contributed by atoms with Gasteiger partial charge in [-0.2, -0.15) is 0 Å². The molecule has 1 heterocycles. The van der Waals surface area contributed by atoms with Crippen molar-refractivity contribution in [3.05, 3.63) is 77.5 Å². The van der Waals surface area contributed by atoms with Crippen LogP contribution in [-0.2, 0) is 13.0 Å². The number of nitrogens with one attached hydrogen (secondary N) is 1. The molecule has 0 aliphatic heterocycles. The predicted octanol–water partition coefficient (Wildman–Crippen LogP) is 4.12. The minimum absolute atomic E-state index is 0.0587. The first-order valence-corrected chi connectivity index (χ1v) is 7.97. The van der Waals surface area contributed by atoms with Crippen molar-refractivity contribution in [3.63, 3.8) is 0 Å². The molecule has 3 rings (SSSR count). The molecular weight excluding hydrogens is 284 g/mol. The molecule has 0 bridgehead atoms. The van der Waals surface area contributed by atoms with E-state index in [1.165, 1.54) is 5.56 Å². The molecule has 3 nitrogen and oxygen atoms in total. The van der Waals surface area contributed by atoms with E-state index in [0.29, 0.717) is 12.1 Å². The summed E-state index contributed by atoms with van der Waals surface area (Å²) in [6.07, 6.45) is 3.95. The van der Waals surface area contributed by atoms with E-state index in [2.05, 4.69) is 29.4 Å². The summed E-state index contributed by atoms with van der Waals surface area (Å²) < 4.78 is 0. The van der Waals surface area contributed by atoms with E-state index >= 15 is 0 Å². The molecule has 0 spiro atoms. The summed E-state index contributed by atoms with van der Waals surface area (Å²) in [7, 11) is 0. The maximum atomic E-state index is 12.3. The van der Waals surface area contributed by atoms with Crippen molar-refractivity contribution in [2.45, 2.75) is 26.3 Å². The lowest BCUT2D eigenvalue weighted by Crippen LogP contribution is -2.22. The maximum Gasteiger partial charge on any atom is 0.251 e. The van der Waals surface area contributed by atoms with Gasteiger partial charge in [0.15, 0.2) is 0 Å². The summed E-state index contributed by atoms with van der Waals surface area (Å²) in [5, 5.41) is 3.97. The van der Waals surface area contributed by atoms with Gasteiger partial charge in [0.2, 0.25) is 0 Å². The molecule has 0 unspecified atom stereocenters. The van der Waals surface area contributed by atoms with Gasteiger partial charge in [0.25, 0.3) is 5.91 Å². The van der Waals surface area contributed by atoms with Crippen LogP contribution in [0.25, 0.3) is 10.9 Å². The molecule has 0 saturated heterocycles. The smallest absolute Gasteiger partial charge is 0.251 e. The van der Waals surface area contributed by atoms with Gasteiger partial charge in [-0.3, -0.25) is 9.78 Å². The highest BCUT2D eigenvalue weighted by Crippen LogP contribution is 2.13. The number of fused-ring (bicyclic) bond motifs is 1. The molecular formula is C20H20N2O. The Morgan fingerprint density at radius 1 is 1.04 bits per heavy atom. The monoisotopic (exact) mass is 304 g/mol. The number of carbonyl (C=O) groups excluding carboxylic acids is 1. The van der Waals surface area contributed by atoms with Crippen molar-refractivity contribution in [2.75, 3.05) is 0 Å². The van der Waals surface area contributed by atoms with Crippen molar-refractivity contribution in [2.24, 2.45) is 0 Å². The lowest BCUT2D eigenvalue weighted by molar-refractivity contribution is 0.0951. The Balaban J connectivity index is 1.69. The third-order valence-corrected chi connectivity index (χ3v) is 3.85. The Bertz CT molecular complexity index is 826. The third-order valence-electron chi connectivity index (χ3n) is 3.85. The van der Waals surface area contributed by atoms with Crippen molar-refractivity contribution < 1.29 is 4.79 Å². The normalized spacial score (nSPS) is 10.7. The predicted molar refractivity (Wildman–Crippen MR) is 93.4 cm³/mol. The van der Waals surface area contributed by atoms with Crippen LogP contribution < -0.4 is 5.32 Å². The molecule has 116 valence electrons. The molecule has 2 aromatic carbocycles. The van der Waals surface area contributed by atoms with E-state index in [0.717, 1.165) is 29.3 Å². The van der Waals surface area contributed by atoms with Crippen LogP contribution in [0.2, 0.25) is 0 Å². The van der Waals surface area contributed by atoms with Crippen LogP contribution in [0.15, 0.2) is 60.8 Å². The number of aryl methyl sites for hydroxylation is 1. The number of pyridine rings is 1. The molecule has 0 fully saturated rings. The Labute approximate surface area is 136 Å². The highest BCUT2D eigenvalue weighted by atomic mass is 16.1. The number of nitrogens with zero attached hydrogens (tertiary/aromatic N) is 1. The second-order valence-corrected chi connectivity index (χ2v) is 5.66. The van der Waals surface area contributed by atoms with Crippen LogP contribution in [0.1, 0.15) is 34.8 Å². The van der Waals surface area contributed by atoms with E-state index in [4.69, 9.17) is 0 Å². The topological polar surface area (TPSA) is 42.0 Å². The Morgan fingerprint density at radius 3 is 2.78 bits per heavy atom.